The molecule has 0 radical (unpaired) electrons. The molecule has 2 amide bonds. The van der Waals surface area contributed by atoms with E-state index in [1.54, 1.807) is 11.0 Å². The molecule has 1 aromatic rings. The van der Waals surface area contributed by atoms with Gasteiger partial charge in [0.25, 0.3) is 0 Å². The summed E-state index contributed by atoms with van der Waals surface area (Å²) in [5.74, 6) is 0.229. The number of rotatable bonds is 8. The number of likely N-dealkylation sites (tertiary alicyclic amines) is 1. The molecule has 1 saturated heterocycles. The van der Waals surface area contributed by atoms with Crippen molar-refractivity contribution in [3.05, 3.63) is 18.2 Å². The molecule has 10 heteroatoms. The summed E-state index contributed by atoms with van der Waals surface area (Å²) in [4.78, 5) is 26.1. The van der Waals surface area contributed by atoms with Crippen molar-refractivity contribution in [2.75, 3.05) is 26.3 Å². The molecule has 3 N–H and O–H groups in total. The van der Waals surface area contributed by atoms with Gasteiger partial charge in [-0.25, -0.2) is 8.42 Å². The van der Waals surface area contributed by atoms with E-state index in [-0.39, 0.29) is 35.0 Å². The lowest BCUT2D eigenvalue weighted by molar-refractivity contribution is -0.135. The third kappa shape index (κ3) is 6.13. The third-order valence-electron chi connectivity index (χ3n) is 5.87. The number of nitrogens with one attached hydrogen (secondary N) is 1. The number of fused-ring (bicyclic) bond motifs is 1. The number of carbonyl (C=O) groups is 2. The van der Waals surface area contributed by atoms with Crippen LogP contribution < -0.4 is 19.9 Å². The van der Waals surface area contributed by atoms with E-state index in [0.717, 1.165) is 19.3 Å². The standard InChI is InChI=1S/C22H33N3O6S/c1-15(2)21(22(27)25-10-3-5-16(14-25)6-9-20(23)26)24-32(28,29)17-7-8-18-19(13-17)31-12-4-11-30-18/h7-8,13,15-16,21,24H,3-6,9-12,14H2,1-2H3,(H2,23,26). The van der Waals surface area contributed by atoms with Crippen LogP contribution in [-0.2, 0) is 19.6 Å². The number of sulfonamides is 1. The summed E-state index contributed by atoms with van der Waals surface area (Å²) < 4.78 is 40.0. The molecular weight excluding hydrogens is 434 g/mol. The molecule has 2 atom stereocenters. The number of hydrogen-bond donors (Lipinski definition) is 2. The van der Waals surface area contributed by atoms with E-state index in [0.29, 0.717) is 44.2 Å². The fraction of sp³-hybridized carbons (Fsp3) is 0.636. The molecule has 0 bridgehead atoms. The predicted molar refractivity (Wildman–Crippen MR) is 119 cm³/mol. The first kappa shape index (κ1) is 24.3. The molecule has 1 aromatic carbocycles. The first-order valence-electron chi connectivity index (χ1n) is 11.2. The Morgan fingerprint density at radius 3 is 2.59 bits per heavy atom. The molecule has 2 aliphatic rings. The topological polar surface area (TPSA) is 128 Å². The van der Waals surface area contributed by atoms with Gasteiger partial charge < -0.3 is 20.1 Å². The van der Waals surface area contributed by atoms with Crippen molar-refractivity contribution in [3.8, 4) is 11.5 Å². The first-order chi connectivity index (χ1) is 15.2. The van der Waals surface area contributed by atoms with Crippen molar-refractivity contribution in [2.45, 2.75) is 56.9 Å². The fourth-order valence-corrected chi connectivity index (χ4v) is 5.41. The van der Waals surface area contributed by atoms with Gasteiger partial charge in [-0.1, -0.05) is 13.8 Å². The van der Waals surface area contributed by atoms with Gasteiger partial charge in [0.2, 0.25) is 21.8 Å². The molecule has 0 spiro atoms. The molecule has 1 fully saturated rings. The van der Waals surface area contributed by atoms with Gasteiger partial charge in [0, 0.05) is 32.0 Å². The van der Waals surface area contributed by atoms with E-state index in [1.165, 1.54) is 12.1 Å². The molecule has 0 saturated carbocycles. The van der Waals surface area contributed by atoms with E-state index in [2.05, 4.69) is 4.72 Å². The van der Waals surface area contributed by atoms with Crippen LogP contribution in [0.1, 0.15) is 46.0 Å². The molecule has 0 aliphatic carbocycles. The zero-order valence-electron chi connectivity index (χ0n) is 18.7. The van der Waals surface area contributed by atoms with Crippen molar-refractivity contribution in [2.24, 2.45) is 17.6 Å². The Morgan fingerprint density at radius 1 is 1.19 bits per heavy atom. The van der Waals surface area contributed by atoms with E-state index < -0.39 is 16.1 Å². The highest BCUT2D eigenvalue weighted by molar-refractivity contribution is 7.89. The van der Waals surface area contributed by atoms with E-state index in [4.69, 9.17) is 15.2 Å². The van der Waals surface area contributed by atoms with Crippen LogP contribution in [-0.4, -0.2) is 57.5 Å². The zero-order valence-corrected chi connectivity index (χ0v) is 19.5. The maximum atomic E-state index is 13.3. The minimum Gasteiger partial charge on any atom is -0.490 e. The smallest absolute Gasteiger partial charge is 0.241 e. The number of benzene rings is 1. The Kier molecular flexibility index (Phi) is 8.00. The molecule has 9 nitrogen and oxygen atoms in total. The molecule has 2 unspecified atom stereocenters. The average Bonchev–Trinajstić information content (AvgIpc) is 3.00. The summed E-state index contributed by atoms with van der Waals surface area (Å²) in [7, 11) is -3.96. The summed E-state index contributed by atoms with van der Waals surface area (Å²) in [5.41, 5.74) is 5.25. The Balaban J connectivity index is 1.73. The number of hydrogen-bond acceptors (Lipinski definition) is 6. The molecule has 0 aromatic heterocycles. The van der Waals surface area contributed by atoms with Crippen LogP contribution >= 0.6 is 0 Å². The van der Waals surface area contributed by atoms with Crippen molar-refractivity contribution in [1.82, 2.24) is 9.62 Å². The van der Waals surface area contributed by atoms with Crippen LogP contribution in [0.3, 0.4) is 0 Å². The van der Waals surface area contributed by atoms with Crippen molar-refractivity contribution in [1.29, 1.82) is 0 Å². The van der Waals surface area contributed by atoms with Crippen LogP contribution in [0.2, 0.25) is 0 Å². The molecule has 3 rings (SSSR count). The zero-order chi connectivity index (χ0) is 23.3. The van der Waals surface area contributed by atoms with Gasteiger partial charge in [-0.05, 0) is 43.2 Å². The number of piperidine rings is 1. The van der Waals surface area contributed by atoms with Crippen LogP contribution in [0.4, 0.5) is 0 Å². The summed E-state index contributed by atoms with van der Waals surface area (Å²) in [6.07, 6.45) is 3.38. The minimum absolute atomic E-state index is 0.0261. The van der Waals surface area contributed by atoms with Crippen LogP contribution in [0, 0.1) is 11.8 Å². The minimum atomic E-state index is -3.96. The molecule has 32 heavy (non-hydrogen) atoms. The molecule has 2 aliphatic heterocycles. The maximum Gasteiger partial charge on any atom is 0.241 e. The largest absolute Gasteiger partial charge is 0.490 e. The van der Waals surface area contributed by atoms with Gasteiger partial charge in [-0.2, -0.15) is 4.72 Å². The van der Waals surface area contributed by atoms with Gasteiger partial charge in [0.05, 0.1) is 18.1 Å². The highest BCUT2D eigenvalue weighted by Gasteiger charge is 2.34. The quantitative estimate of drug-likeness (QED) is 0.598. The fourth-order valence-electron chi connectivity index (χ4n) is 4.06. The molecule has 2 heterocycles. The normalized spacial score (nSPS) is 20.0. The van der Waals surface area contributed by atoms with Gasteiger partial charge >= 0.3 is 0 Å². The van der Waals surface area contributed by atoms with Crippen molar-refractivity contribution in [3.63, 3.8) is 0 Å². The highest BCUT2D eigenvalue weighted by atomic mass is 32.2. The van der Waals surface area contributed by atoms with Crippen molar-refractivity contribution < 1.29 is 27.5 Å². The number of nitrogens with zero attached hydrogens (tertiary/aromatic N) is 1. The monoisotopic (exact) mass is 467 g/mol. The van der Waals surface area contributed by atoms with Crippen molar-refractivity contribution >= 4 is 21.8 Å². The number of ether oxygens (including phenoxy) is 2. The Morgan fingerprint density at radius 2 is 1.91 bits per heavy atom. The summed E-state index contributed by atoms with van der Waals surface area (Å²) in [5, 5.41) is 0. The second kappa shape index (κ2) is 10.5. The Bertz CT molecular complexity index is 934. The van der Waals surface area contributed by atoms with Crippen LogP contribution in [0.25, 0.3) is 0 Å². The lowest BCUT2D eigenvalue weighted by Gasteiger charge is -2.36. The summed E-state index contributed by atoms with van der Waals surface area (Å²) in [6.45, 7) is 5.66. The van der Waals surface area contributed by atoms with Crippen LogP contribution in [0.5, 0.6) is 11.5 Å². The lowest BCUT2D eigenvalue weighted by atomic mass is 9.92. The molecular formula is C22H33N3O6S. The molecule has 178 valence electrons. The second-order valence-electron chi connectivity index (χ2n) is 8.80. The number of nitrogens with two attached hydrogens (primary N) is 1. The van der Waals surface area contributed by atoms with E-state index >= 15 is 0 Å². The van der Waals surface area contributed by atoms with E-state index in [9.17, 15) is 18.0 Å². The first-order valence-corrected chi connectivity index (χ1v) is 12.6. The number of amides is 2. The van der Waals surface area contributed by atoms with E-state index in [1.807, 2.05) is 13.8 Å². The van der Waals surface area contributed by atoms with Gasteiger partial charge in [-0.3, -0.25) is 9.59 Å². The van der Waals surface area contributed by atoms with Gasteiger partial charge in [0.1, 0.15) is 6.04 Å². The lowest BCUT2D eigenvalue weighted by Crippen LogP contribution is -2.53. The van der Waals surface area contributed by atoms with Crippen LogP contribution in [0.15, 0.2) is 23.1 Å². The third-order valence-corrected chi connectivity index (χ3v) is 7.31. The number of carbonyl (C=O) groups excluding carboxylic acids is 2. The summed E-state index contributed by atoms with van der Waals surface area (Å²) in [6, 6.07) is 3.57. The SMILES string of the molecule is CC(C)C(NS(=O)(=O)c1ccc2c(c1)OCCCO2)C(=O)N1CCCC(CCC(N)=O)C1. The summed E-state index contributed by atoms with van der Waals surface area (Å²) >= 11 is 0. The highest BCUT2D eigenvalue weighted by Crippen LogP contribution is 2.32. The number of primary amides is 1. The second-order valence-corrected chi connectivity index (χ2v) is 10.5. The predicted octanol–water partition coefficient (Wildman–Crippen LogP) is 1.65. The van der Waals surface area contributed by atoms with Gasteiger partial charge in [-0.15, -0.1) is 0 Å². The Hall–Kier alpha value is -2.33. The Labute approximate surface area is 189 Å². The average molecular weight is 468 g/mol. The van der Waals surface area contributed by atoms with Gasteiger partial charge in [0.15, 0.2) is 11.5 Å². The maximum absolute atomic E-state index is 13.3.